The summed E-state index contributed by atoms with van der Waals surface area (Å²) in [4.78, 5) is 2.47. The molecule has 1 aliphatic rings. The summed E-state index contributed by atoms with van der Waals surface area (Å²) >= 11 is 0. The highest BCUT2D eigenvalue weighted by Crippen LogP contribution is 2.36. The highest BCUT2D eigenvalue weighted by Gasteiger charge is 2.33. The van der Waals surface area contributed by atoms with Gasteiger partial charge in [0, 0.05) is 19.0 Å². The lowest BCUT2D eigenvalue weighted by Gasteiger charge is -2.22. The Balaban J connectivity index is 2.22. The maximum absolute atomic E-state index is 2.47. The molecule has 0 amide bonds. The van der Waals surface area contributed by atoms with Crippen LogP contribution in [-0.4, -0.2) is 25.0 Å². The lowest BCUT2D eigenvalue weighted by Crippen LogP contribution is -2.17. The van der Waals surface area contributed by atoms with E-state index >= 15 is 0 Å². The van der Waals surface area contributed by atoms with Crippen LogP contribution in [0.2, 0.25) is 0 Å². The molecule has 1 aliphatic heterocycles. The quantitative estimate of drug-likeness (QED) is 0.734. The fourth-order valence-corrected chi connectivity index (χ4v) is 2.87. The van der Waals surface area contributed by atoms with Crippen molar-refractivity contribution in [2.45, 2.75) is 26.7 Å². The maximum Gasteiger partial charge on any atom is 0.00506 e. The summed E-state index contributed by atoms with van der Waals surface area (Å²) < 4.78 is 0. The first-order valence-electron chi connectivity index (χ1n) is 6.33. The van der Waals surface area contributed by atoms with Crippen molar-refractivity contribution in [3.05, 3.63) is 35.4 Å². The van der Waals surface area contributed by atoms with Crippen molar-refractivity contribution in [1.82, 2.24) is 4.90 Å². The molecule has 2 rings (SSSR count). The standard InChI is InChI=1S/C15H23N/c1-11(2)14-9-16(4)10-15(14)13-7-5-12(3)6-8-13/h5-8,11,14-15H,9-10H2,1-4H3/t14-,15?/m0/s1. The lowest BCUT2D eigenvalue weighted by molar-refractivity contribution is 0.344. The average molecular weight is 217 g/mol. The van der Waals surface area contributed by atoms with Gasteiger partial charge >= 0.3 is 0 Å². The van der Waals surface area contributed by atoms with Crippen LogP contribution >= 0.6 is 0 Å². The molecule has 1 heterocycles. The summed E-state index contributed by atoms with van der Waals surface area (Å²) in [5, 5.41) is 0. The van der Waals surface area contributed by atoms with Gasteiger partial charge in [-0.15, -0.1) is 0 Å². The van der Waals surface area contributed by atoms with E-state index in [1.807, 2.05) is 0 Å². The van der Waals surface area contributed by atoms with Crippen LogP contribution in [-0.2, 0) is 0 Å². The Bertz CT molecular complexity index is 339. The Morgan fingerprint density at radius 2 is 1.75 bits per heavy atom. The number of nitrogens with zero attached hydrogens (tertiary/aromatic N) is 1. The number of hydrogen-bond donors (Lipinski definition) is 0. The Kier molecular flexibility index (Phi) is 3.34. The number of aryl methyl sites for hydroxylation is 1. The zero-order valence-corrected chi connectivity index (χ0v) is 10.9. The van der Waals surface area contributed by atoms with E-state index in [4.69, 9.17) is 0 Å². The van der Waals surface area contributed by atoms with E-state index in [9.17, 15) is 0 Å². The van der Waals surface area contributed by atoms with Crippen LogP contribution in [0.5, 0.6) is 0 Å². The second kappa shape index (κ2) is 4.58. The molecule has 0 aromatic heterocycles. The van der Waals surface area contributed by atoms with Crippen LogP contribution in [0.1, 0.15) is 30.9 Å². The molecule has 1 fully saturated rings. The topological polar surface area (TPSA) is 3.24 Å². The van der Waals surface area contributed by atoms with Crippen molar-refractivity contribution in [3.8, 4) is 0 Å². The molecular weight excluding hydrogens is 194 g/mol. The smallest absolute Gasteiger partial charge is 0.00506 e. The molecule has 1 unspecified atom stereocenters. The second-order valence-corrected chi connectivity index (χ2v) is 5.65. The van der Waals surface area contributed by atoms with Gasteiger partial charge in [0.1, 0.15) is 0 Å². The molecule has 0 radical (unpaired) electrons. The van der Waals surface area contributed by atoms with Gasteiger partial charge in [-0.2, -0.15) is 0 Å². The van der Waals surface area contributed by atoms with Crippen molar-refractivity contribution < 1.29 is 0 Å². The maximum atomic E-state index is 2.47. The molecule has 0 saturated carbocycles. The van der Waals surface area contributed by atoms with E-state index in [1.165, 1.54) is 24.2 Å². The van der Waals surface area contributed by atoms with Gasteiger partial charge < -0.3 is 4.90 Å². The van der Waals surface area contributed by atoms with Gasteiger partial charge in [-0.3, -0.25) is 0 Å². The van der Waals surface area contributed by atoms with Gasteiger partial charge in [0.15, 0.2) is 0 Å². The molecule has 1 heteroatoms. The number of hydrogen-bond acceptors (Lipinski definition) is 1. The summed E-state index contributed by atoms with van der Waals surface area (Å²) in [5.41, 5.74) is 2.88. The highest BCUT2D eigenvalue weighted by atomic mass is 15.1. The van der Waals surface area contributed by atoms with Gasteiger partial charge in [-0.1, -0.05) is 43.7 Å². The molecular formula is C15H23N. The number of rotatable bonds is 2. The van der Waals surface area contributed by atoms with Crippen LogP contribution in [0.15, 0.2) is 24.3 Å². The molecule has 16 heavy (non-hydrogen) atoms. The Hall–Kier alpha value is -0.820. The zero-order valence-electron chi connectivity index (χ0n) is 10.9. The van der Waals surface area contributed by atoms with Gasteiger partial charge in [0.2, 0.25) is 0 Å². The van der Waals surface area contributed by atoms with E-state index in [-0.39, 0.29) is 0 Å². The second-order valence-electron chi connectivity index (χ2n) is 5.65. The van der Waals surface area contributed by atoms with Gasteiger partial charge in [0.05, 0.1) is 0 Å². The van der Waals surface area contributed by atoms with Crippen molar-refractivity contribution in [2.24, 2.45) is 11.8 Å². The third-order valence-electron chi connectivity index (χ3n) is 3.91. The van der Waals surface area contributed by atoms with Crippen LogP contribution in [0.4, 0.5) is 0 Å². The van der Waals surface area contributed by atoms with Gasteiger partial charge in [0.25, 0.3) is 0 Å². The molecule has 0 aliphatic carbocycles. The van der Waals surface area contributed by atoms with Crippen molar-refractivity contribution in [1.29, 1.82) is 0 Å². The SMILES string of the molecule is Cc1ccc(C2CN(C)C[C@H]2C(C)C)cc1. The summed E-state index contributed by atoms with van der Waals surface area (Å²) in [6.07, 6.45) is 0. The number of likely N-dealkylation sites (tertiary alicyclic amines) is 1. The minimum atomic E-state index is 0.727. The predicted molar refractivity (Wildman–Crippen MR) is 69.7 cm³/mol. The normalized spacial score (nSPS) is 26.6. The minimum Gasteiger partial charge on any atom is -0.305 e. The van der Waals surface area contributed by atoms with Crippen LogP contribution in [0, 0.1) is 18.8 Å². The van der Waals surface area contributed by atoms with Crippen LogP contribution in [0.25, 0.3) is 0 Å². The Labute approximate surface area is 99.5 Å². The lowest BCUT2D eigenvalue weighted by atomic mass is 9.82. The van der Waals surface area contributed by atoms with Crippen molar-refractivity contribution in [2.75, 3.05) is 20.1 Å². The highest BCUT2D eigenvalue weighted by molar-refractivity contribution is 5.26. The first-order chi connectivity index (χ1) is 7.58. The third kappa shape index (κ3) is 2.30. The van der Waals surface area contributed by atoms with E-state index in [1.54, 1.807) is 0 Å². The molecule has 1 aromatic carbocycles. The molecule has 88 valence electrons. The Morgan fingerprint density at radius 3 is 2.31 bits per heavy atom. The number of benzene rings is 1. The molecule has 2 atom stereocenters. The van der Waals surface area contributed by atoms with E-state index in [2.05, 4.69) is 57.0 Å². The molecule has 1 saturated heterocycles. The Morgan fingerprint density at radius 1 is 1.12 bits per heavy atom. The zero-order chi connectivity index (χ0) is 11.7. The molecule has 0 N–H and O–H groups in total. The van der Waals surface area contributed by atoms with Crippen LogP contribution < -0.4 is 0 Å². The first kappa shape index (κ1) is 11.7. The van der Waals surface area contributed by atoms with Gasteiger partial charge in [-0.25, -0.2) is 0 Å². The summed E-state index contributed by atoms with van der Waals surface area (Å²) in [7, 11) is 2.24. The average Bonchev–Trinajstić information content (AvgIpc) is 2.61. The fraction of sp³-hybridized carbons (Fsp3) is 0.600. The first-order valence-corrected chi connectivity index (χ1v) is 6.33. The minimum absolute atomic E-state index is 0.727. The number of likely N-dealkylation sites (N-methyl/N-ethyl adjacent to an activating group) is 1. The fourth-order valence-electron chi connectivity index (χ4n) is 2.87. The van der Waals surface area contributed by atoms with Gasteiger partial charge in [-0.05, 0) is 31.4 Å². The molecule has 0 bridgehead atoms. The molecule has 0 spiro atoms. The third-order valence-corrected chi connectivity index (χ3v) is 3.91. The largest absolute Gasteiger partial charge is 0.305 e. The van der Waals surface area contributed by atoms with Crippen LogP contribution in [0.3, 0.4) is 0 Å². The molecule has 1 nitrogen and oxygen atoms in total. The molecule has 1 aromatic rings. The summed E-state index contributed by atoms with van der Waals surface area (Å²) in [6.45, 7) is 9.32. The van der Waals surface area contributed by atoms with E-state index < -0.39 is 0 Å². The van der Waals surface area contributed by atoms with E-state index in [0.29, 0.717) is 0 Å². The van der Waals surface area contributed by atoms with E-state index in [0.717, 1.165) is 17.8 Å². The van der Waals surface area contributed by atoms with Crippen molar-refractivity contribution in [3.63, 3.8) is 0 Å². The summed E-state index contributed by atoms with van der Waals surface area (Å²) in [5.74, 6) is 2.31. The van der Waals surface area contributed by atoms with Crippen molar-refractivity contribution >= 4 is 0 Å². The summed E-state index contributed by atoms with van der Waals surface area (Å²) in [6, 6.07) is 9.11. The monoisotopic (exact) mass is 217 g/mol. The predicted octanol–water partition coefficient (Wildman–Crippen LogP) is 3.30.